The largest absolute Gasteiger partial charge is 0.433 e. The Morgan fingerprint density at radius 3 is 2.62 bits per heavy atom. The second kappa shape index (κ2) is 10.3. The minimum absolute atomic E-state index is 0.109. The maximum atomic E-state index is 12.9. The van der Waals surface area contributed by atoms with Crippen LogP contribution in [-0.2, 0) is 24.1 Å². The Morgan fingerprint density at radius 2 is 1.97 bits per heavy atom. The molecule has 2 aliphatic rings. The first-order valence-electron chi connectivity index (χ1n) is 12.5. The number of nitrogens with zero attached hydrogens (tertiary/aromatic N) is 6. The number of carbonyl (C=O) groups is 1. The Kier molecular flexibility index (Phi) is 7.04. The minimum atomic E-state index is -4.47. The molecule has 5 rings (SSSR count). The molecule has 1 saturated carbocycles. The molecule has 1 aliphatic heterocycles. The molecule has 3 N–H and O–H groups in total. The lowest BCUT2D eigenvalue weighted by Gasteiger charge is -2.35. The highest BCUT2D eigenvalue weighted by Crippen LogP contribution is 2.36. The van der Waals surface area contributed by atoms with Crippen LogP contribution in [0.3, 0.4) is 0 Å². The van der Waals surface area contributed by atoms with Gasteiger partial charge in [0.15, 0.2) is 0 Å². The maximum absolute atomic E-state index is 12.9. The van der Waals surface area contributed by atoms with Crippen LogP contribution in [-0.4, -0.2) is 67.2 Å². The Morgan fingerprint density at radius 1 is 1.16 bits per heavy atom. The zero-order chi connectivity index (χ0) is 26.2. The Balaban J connectivity index is 1.29. The molecule has 1 saturated heterocycles. The van der Waals surface area contributed by atoms with Crippen molar-refractivity contribution in [2.75, 3.05) is 24.5 Å². The molecular weight excluding hydrogens is 487 g/mol. The van der Waals surface area contributed by atoms with Crippen LogP contribution < -0.4 is 10.6 Å². The van der Waals surface area contributed by atoms with Crippen molar-refractivity contribution in [2.24, 2.45) is 11.7 Å². The molecule has 0 bridgehead atoms. The highest BCUT2D eigenvalue weighted by atomic mass is 19.4. The second-order valence-corrected chi connectivity index (χ2v) is 9.96. The zero-order valence-electron chi connectivity index (χ0n) is 20.3. The van der Waals surface area contributed by atoms with E-state index in [1.54, 1.807) is 0 Å². The van der Waals surface area contributed by atoms with Crippen LogP contribution in [0.15, 0.2) is 36.9 Å². The molecule has 0 radical (unpaired) electrons. The second-order valence-electron chi connectivity index (χ2n) is 9.96. The molecule has 12 heteroatoms. The van der Waals surface area contributed by atoms with Gasteiger partial charge in [-0.2, -0.15) is 13.2 Å². The highest BCUT2D eigenvalue weighted by molar-refractivity contribution is 5.88. The van der Waals surface area contributed by atoms with Gasteiger partial charge in [-0.25, -0.2) is 9.97 Å². The number of nitrogens with two attached hydrogens (primary N) is 1. The van der Waals surface area contributed by atoms with E-state index in [-0.39, 0.29) is 18.5 Å². The predicted octanol–water partition coefficient (Wildman–Crippen LogP) is 2.57. The molecule has 2 fully saturated rings. The van der Waals surface area contributed by atoms with Gasteiger partial charge in [-0.05, 0) is 55.8 Å². The number of rotatable bonds is 9. The van der Waals surface area contributed by atoms with Crippen molar-refractivity contribution >= 4 is 22.8 Å². The Hall–Kier alpha value is -3.25. The number of amides is 1. The molecule has 0 unspecified atom stereocenters. The van der Waals surface area contributed by atoms with Gasteiger partial charge in [-0.15, -0.1) is 0 Å². The van der Waals surface area contributed by atoms with E-state index in [0.29, 0.717) is 25.2 Å². The standard InChI is InChI=1S/C25H30F3N7O2/c26-25(27,28)21-4-1-16(11-30-21)12-35(18-2-3-18)24-19-7-10-34(23(19)31-15-32-24)9-6-17-5-8-33(13-20(17)36)14-22(29)37/h1,4,7,10-11,15,17-18,20,36H,2-3,5-6,8-9,12-14H2,(H2,29,37)/t17-,20+/m0/s1. The summed E-state index contributed by atoms with van der Waals surface area (Å²) in [4.78, 5) is 27.8. The molecule has 3 aromatic heterocycles. The number of aliphatic hydroxyl groups is 1. The molecule has 198 valence electrons. The predicted molar refractivity (Wildman–Crippen MR) is 130 cm³/mol. The van der Waals surface area contributed by atoms with Gasteiger partial charge in [-0.3, -0.25) is 14.7 Å². The number of aliphatic hydroxyl groups excluding tert-OH is 1. The molecule has 1 aliphatic carbocycles. The van der Waals surface area contributed by atoms with Gasteiger partial charge < -0.3 is 20.3 Å². The summed E-state index contributed by atoms with van der Waals surface area (Å²) in [7, 11) is 0. The summed E-state index contributed by atoms with van der Waals surface area (Å²) in [6.45, 7) is 2.39. The van der Waals surface area contributed by atoms with Crippen LogP contribution in [0, 0.1) is 5.92 Å². The van der Waals surface area contributed by atoms with E-state index in [1.807, 2.05) is 21.7 Å². The quantitative estimate of drug-likeness (QED) is 0.449. The first-order valence-corrected chi connectivity index (χ1v) is 12.5. The van der Waals surface area contributed by atoms with E-state index >= 15 is 0 Å². The monoisotopic (exact) mass is 517 g/mol. The Bertz CT molecular complexity index is 1240. The van der Waals surface area contributed by atoms with Crippen LogP contribution >= 0.6 is 0 Å². The van der Waals surface area contributed by atoms with Gasteiger partial charge in [0.2, 0.25) is 5.91 Å². The summed E-state index contributed by atoms with van der Waals surface area (Å²) in [5.41, 5.74) is 5.83. The highest BCUT2D eigenvalue weighted by Gasteiger charge is 2.34. The number of aryl methyl sites for hydroxylation is 1. The number of fused-ring (bicyclic) bond motifs is 1. The number of halogens is 3. The molecule has 0 spiro atoms. The summed E-state index contributed by atoms with van der Waals surface area (Å²) >= 11 is 0. The number of hydrogen-bond acceptors (Lipinski definition) is 7. The van der Waals surface area contributed by atoms with E-state index in [9.17, 15) is 23.1 Å². The third-order valence-corrected chi connectivity index (χ3v) is 7.19. The van der Waals surface area contributed by atoms with Crippen molar-refractivity contribution in [2.45, 2.75) is 57.1 Å². The number of β-amino-alcohol motifs (C(OH)–C–C–N with tert-alkyl or cyclic N) is 1. The average Bonchev–Trinajstić information content (AvgIpc) is 3.61. The van der Waals surface area contributed by atoms with Gasteiger partial charge >= 0.3 is 6.18 Å². The van der Waals surface area contributed by atoms with Crippen LogP contribution in [0.5, 0.6) is 0 Å². The average molecular weight is 518 g/mol. The lowest BCUT2D eigenvalue weighted by Crippen LogP contribution is -2.47. The van der Waals surface area contributed by atoms with Crippen molar-refractivity contribution < 1.29 is 23.1 Å². The van der Waals surface area contributed by atoms with Crippen LogP contribution in [0.1, 0.15) is 36.9 Å². The molecule has 2 atom stereocenters. The van der Waals surface area contributed by atoms with Crippen LogP contribution in [0.25, 0.3) is 11.0 Å². The number of carbonyl (C=O) groups excluding carboxylic acids is 1. The maximum Gasteiger partial charge on any atom is 0.433 e. The van der Waals surface area contributed by atoms with E-state index in [2.05, 4.69) is 19.9 Å². The molecule has 37 heavy (non-hydrogen) atoms. The number of primary amides is 1. The number of pyridine rings is 1. The van der Waals surface area contributed by atoms with Gasteiger partial charge in [0.1, 0.15) is 23.5 Å². The third-order valence-electron chi connectivity index (χ3n) is 7.19. The summed E-state index contributed by atoms with van der Waals surface area (Å²) in [6.07, 6.45) is 3.30. The van der Waals surface area contributed by atoms with Gasteiger partial charge in [0, 0.05) is 38.1 Å². The summed E-state index contributed by atoms with van der Waals surface area (Å²) in [5, 5.41) is 11.5. The first kappa shape index (κ1) is 25.4. The third kappa shape index (κ3) is 5.85. The lowest BCUT2D eigenvalue weighted by atomic mass is 9.91. The van der Waals surface area contributed by atoms with E-state index in [1.165, 1.54) is 18.6 Å². The molecule has 4 heterocycles. The minimum Gasteiger partial charge on any atom is -0.392 e. The lowest BCUT2D eigenvalue weighted by molar-refractivity contribution is -0.141. The topological polar surface area (TPSA) is 113 Å². The number of hydrogen-bond donors (Lipinski definition) is 2. The van der Waals surface area contributed by atoms with Crippen molar-refractivity contribution in [3.63, 3.8) is 0 Å². The molecule has 0 aromatic carbocycles. The van der Waals surface area contributed by atoms with E-state index in [4.69, 9.17) is 5.73 Å². The van der Waals surface area contributed by atoms with E-state index < -0.39 is 23.9 Å². The smallest absolute Gasteiger partial charge is 0.392 e. The number of alkyl halides is 3. The normalized spacial score (nSPS) is 20.9. The van der Waals surface area contributed by atoms with Crippen molar-refractivity contribution in [3.8, 4) is 0 Å². The van der Waals surface area contributed by atoms with Crippen molar-refractivity contribution in [3.05, 3.63) is 48.2 Å². The van der Waals surface area contributed by atoms with Gasteiger partial charge in [0.25, 0.3) is 0 Å². The SMILES string of the molecule is NC(=O)CN1CC[C@@H](CCn2ccc3c(N(Cc4ccc(C(F)(F)F)nc4)C4CC4)ncnc32)[C@H](O)C1. The fourth-order valence-electron chi connectivity index (χ4n) is 5.10. The van der Waals surface area contributed by atoms with Crippen molar-refractivity contribution in [1.82, 2.24) is 24.4 Å². The molecule has 3 aromatic rings. The van der Waals surface area contributed by atoms with Gasteiger partial charge in [-0.1, -0.05) is 6.07 Å². The fourth-order valence-corrected chi connectivity index (χ4v) is 5.10. The molecule has 1 amide bonds. The number of likely N-dealkylation sites (tertiary alicyclic amines) is 1. The van der Waals surface area contributed by atoms with E-state index in [0.717, 1.165) is 55.1 Å². The summed E-state index contributed by atoms with van der Waals surface area (Å²) < 4.78 is 40.8. The summed E-state index contributed by atoms with van der Waals surface area (Å²) in [5.74, 6) is 0.471. The van der Waals surface area contributed by atoms with Crippen LogP contribution in [0.2, 0.25) is 0 Å². The number of aromatic nitrogens is 4. The molecule has 9 nitrogen and oxygen atoms in total. The molecular formula is C25H30F3N7O2. The van der Waals surface area contributed by atoms with Crippen molar-refractivity contribution in [1.29, 1.82) is 0 Å². The van der Waals surface area contributed by atoms with Crippen LogP contribution in [0.4, 0.5) is 19.0 Å². The van der Waals surface area contributed by atoms with Gasteiger partial charge in [0.05, 0.1) is 18.0 Å². The number of anilines is 1. The summed E-state index contributed by atoms with van der Waals surface area (Å²) in [6, 6.07) is 4.72. The number of piperidine rings is 1. The zero-order valence-corrected chi connectivity index (χ0v) is 20.3. The fraction of sp³-hybridized carbons (Fsp3) is 0.520. The Labute approximate surface area is 212 Å². The first-order chi connectivity index (χ1) is 17.7.